The number of nitro groups is 1. The highest BCUT2D eigenvalue weighted by molar-refractivity contribution is 6.31. The van der Waals surface area contributed by atoms with E-state index in [4.69, 9.17) is 16.3 Å². The van der Waals surface area contributed by atoms with Crippen LogP contribution in [-0.4, -0.2) is 42.5 Å². The maximum Gasteiger partial charge on any atom is 0.283 e. The number of likely N-dealkylation sites (tertiary alicyclic amines) is 1. The number of para-hydroxylation sites is 1. The maximum absolute atomic E-state index is 12.7. The fourth-order valence-electron chi connectivity index (χ4n) is 3.56. The number of nitro benzene ring substituents is 1. The molecule has 2 aromatic rings. The zero-order valence-corrected chi connectivity index (χ0v) is 16.3. The lowest BCUT2D eigenvalue weighted by Gasteiger charge is -2.29. The van der Waals surface area contributed by atoms with Crippen LogP contribution in [0.2, 0.25) is 5.02 Å². The summed E-state index contributed by atoms with van der Waals surface area (Å²) in [5, 5.41) is 14.3. The average molecular weight is 404 g/mol. The summed E-state index contributed by atoms with van der Waals surface area (Å²) < 4.78 is 5.50. The topological polar surface area (TPSA) is 84.7 Å². The summed E-state index contributed by atoms with van der Waals surface area (Å²) in [4.78, 5) is 25.7. The van der Waals surface area contributed by atoms with E-state index in [0.29, 0.717) is 6.54 Å². The normalized spacial score (nSPS) is 15.2. The molecule has 0 bridgehead atoms. The molecule has 0 aromatic heterocycles. The molecule has 0 radical (unpaired) electrons. The molecule has 1 saturated heterocycles. The second-order valence-electron chi connectivity index (χ2n) is 6.63. The van der Waals surface area contributed by atoms with Gasteiger partial charge >= 0.3 is 0 Å². The average Bonchev–Trinajstić information content (AvgIpc) is 3.22. The summed E-state index contributed by atoms with van der Waals surface area (Å²) in [7, 11) is 1.62. The molecular weight excluding hydrogens is 382 g/mol. The van der Waals surface area contributed by atoms with Crippen LogP contribution in [0.25, 0.3) is 0 Å². The second-order valence-corrected chi connectivity index (χ2v) is 7.07. The Morgan fingerprint density at radius 1 is 1.29 bits per heavy atom. The summed E-state index contributed by atoms with van der Waals surface area (Å²) in [5.41, 5.74) is 0.674. The highest BCUT2D eigenvalue weighted by atomic mass is 35.5. The monoisotopic (exact) mass is 403 g/mol. The molecule has 0 spiro atoms. The van der Waals surface area contributed by atoms with E-state index in [0.717, 1.165) is 37.2 Å². The standard InChI is InChI=1S/C20H22ClN3O4/c1-28-19-7-3-2-6-15(19)18(23-10-4-5-11-23)13-22-20(25)16-9-8-14(21)12-17(16)24(26)27/h2-3,6-9,12,18H,4-5,10-11,13H2,1H3,(H,22,25). The number of rotatable bonds is 7. The highest BCUT2D eigenvalue weighted by Crippen LogP contribution is 2.31. The van der Waals surface area contributed by atoms with Crippen molar-refractivity contribution in [1.82, 2.24) is 10.2 Å². The maximum atomic E-state index is 12.7. The van der Waals surface area contributed by atoms with Gasteiger partial charge in [0, 0.05) is 23.2 Å². The molecule has 7 nitrogen and oxygen atoms in total. The smallest absolute Gasteiger partial charge is 0.283 e. The van der Waals surface area contributed by atoms with E-state index in [9.17, 15) is 14.9 Å². The lowest BCUT2D eigenvalue weighted by atomic mass is 10.0. The van der Waals surface area contributed by atoms with E-state index in [-0.39, 0.29) is 22.3 Å². The van der Waals surface area contributed by atoms with Gasteiger partial charge in [0.05, 0.1) is 18.1 Å². The van der Waals surface area contributed by atoms with Gasteiger partial charge in [-0.05, 0) is 44.1 Å². The van der Waals surface area contributed by atoms with Gasteiger partial charge in [-0.3, -0.25) is 19.8 Å². The molecule has 0 aliphatic carbocycles. The van der Waals surface area contributed by atoms with Gasteiger partial charge in [-0.1, -0.05) is 29.8 Å². The molecule has 1 atom stereocenters. The quantitative estimate of drug-likeness (QED) is 0.561. The number of methoxy groups -OCH3 is 1. The first-order valence-electron chi connectivity index (χ1n) is 9.10. The van der Waals surface area contributed by atoms with Crippen LogP contribution in [0.3, 0.4) is 0 Å². The molecule has 148 valence electrons. The minimum Gasteiger partial charge on any atom is -0.496 e. The van der Waals surface area contributed by atoms with Crippen LogP contribution >= 0.6 is 11.6 Å². The van der Waals surface area contributed by atoms with Crippen molar-refractivity contribution in [1.29, 1.82) is 0 Å². The molecule has 1 aliphatic heterocycles. The van der Waals surface area contributed by atoms with Gasteiger partial charge < -0.3 is 10.1 Å². The van der Waals surface area contributed by atoms with Crippen LogP contribution in [0.5, 0.6) is 5.75 Å². The number of nitrogens with zero attached hydrogens (tertiary/aromatic N) is 2. The van der Waals surface area contributed by atoms with Crippen molar-refractivity contribution in [2.45, 2.75) is 18.9 Å². The van der Waals surface area contributed by atoms with E-state index in [1.54, 1.807) is 7.11 Å². The van der Waals surface area contributed by atoms with Gasteiger partial charge in [-0.25, -0.2) is 0 Å². The van der Waals surface area contributed by atoms with Crippen LogP contribution < -0.4 is 10.1 Å². The zero-order valence-electron chi connectivity index (χ0n) is 15.6. The molecule has 2 aromatic carbocycles. The van der Waals surface area contributed by atoms with Gasteiger partial charge in [0.2, 0.25) is 0 Å². The van der Waals surface area contributed by atoms with E-state index >= 15 is 0 Å². The number of carbonyl (C=O) groups excluding carboxylic acids is 1. The number of hydrogen-bond donors (Lipinski definition) is 1. The molecule has 1 fully saturated rings. The van der Waals surface area contributed by atoms with Crippen molar-refractivity contribution in [2.24, 2.45) is 0 Å². The predicted octanol–water partition coefficient (Wildman–Crippen LogP) is 3.82. The van der Waals surface area contributed by atoms with Crippen LogP contribution in [0.15, 0.2) is 42.5 Å². The third-order valence-corrected chi connectivity index (χ3v) is 5.17. The molecule has 1 amide bonds. The molecule has 1 heterocycles. The number of nitrogens with one attached hydrogen (secondary N) is 1. The van der Waals surface area contributed by atoms with Crippen molar-refractivity contribution in [2.75, 3.05) is 26.7 Å². The van der Waals surface area contributed by atoms with E-state index < -0.39 is 10.8 Å². The number of benzene rings is 2. The predicted molar refractivity (Wildman–Crippen MR) is 107 cm³/mol. The van der Waals surface area contributed by atoms with Crippen molar-refractivity contribution < 1.29 is 14.5 Å². The molecule has 8 heteroatoms. The Morgan fingerprint density at radius 2 is 2.00 bits per heavy atom. The summed E-state index contributed by atoms with van der Waals surface area (Å²) in [6.45, 7) is 2.18. The molecule has 1 aliphatic rings. The van der Waals surface area contributed by atoms with E-state index in [1.807, 2.05) is 24.3 Å². The Morgan fingerprint density at radius 3 is 2.68 bits per heavy atom. The van der Waals surface area contributed by atoms with Gasteiger partial charge in [-0.15, -0.1) is 0 Å². The van der Waals surface area contributed by atoms with E-state index in [2.05, 4.69) is 10.2 Å². The third kappa shape index (κ3) is 4.43. The number of carbonyl (C=O) groups is 1. The fourth-order valence-corrected chi connectivity index (χ4v) is 3.73. The molecular formula is C20H22ClN3O4. The van der Waals surface area contributed by atoms with E-state index in [1.165, 1.54) is 18.2 Å². The Bertz CT molecular complexity index is 868. The number of ether oxygens (including phenoxy) is 1. The van der Waals surface area contributed by atoms with Crippen molar-refractivity contribution in [3.8, 4) is 5.75 Å². The Labute approximate surface area is 168 Å². The SMILES string of the molecule is COc1ccccc1C(CNC(=O)c1ccc(Cl)cc1[N+](=O)[O-])N1CCCC1. The largest absolute Gasteiger partial charge is 0.496 e. The Hall–Kier alpha value is -2.64. The molecule has 28 heavy (non-hydrogen) atoms. The summed E-state index contributed by atoms with van der Waals surface area (Å²) in [5.74, 6) is 0.258. The first-order chi connectivity index (χ1) is 13.5. The summed E-state index contributed by atoms with van der Waals surface area (Å²) in [6, 6.07) is 11.7. The first kappa shape index (κ1) is 20.1. The Balaban J connectivity index is 1.83. The zero-order chi connectivity index (χ0) is 20.1. The van der Waals surface area contributed by atoms with Gasteiger partial charge in [0.15, 0.2) is 0 Å². The lowest BCUT2D eigenvalue weighted by Crippen LogP contribution is -2.37. The van der Waals surface area contributed by atoms with Crippen LogP contribution in [-0.2, 0) is 0 Å². The fraction of sp³-hybridized carbons (Fsp3) is 0.350. The third-order valence-electron chi connectivity index (χ3n) is 4.94. The minimum absolute atomic E-state index is 0.00500. The number of halogens is 1. The van der Waals surface area contributed by atoms with Crippen molar-refractivity contribution in [3.63, 3.8) is 0 Å². The second kappa shape index (κ2) is 9.03. The van der Waals surface area contributed by atoms with Crippen LogP contribution in [0.1, 0.15) is 34.8 Å². The number of amides is 1. The molecule has 1 N–H and O–H groups in total. The van der Waals surface area contributed by atoms with Crippen molar-refractivity contribution in [3.05, 3.63) is 68.7 Å². The van der Waals surface area contributed by atoms with Gasteiger partial charge in [0.25, 0.3) is 11.6 Å². The van der Waals surface area contributed by atoms with Crippen LogP contribution in [0, 0.1) is 10.1 Å². The summed E-state index contributed by atoms with van der Waals surface area (Å²) >= 11 is 5.84. The molecule has 0 saturated carbocycles. The van der Waals surface area contributed by atoms with Gasteiger partial charge in [0.1, 0.15) is 11.3 Å². The van der Waals surface area contributed by atoms with Crippen LogP contribution in [0.4, 0.5) is 5.69 Å². The highest BCUT2D eigenvalue weighted by Gasteiger charge is 2.27. The molecule has 1 unspecified atom stereocenters. The molecule has 3 rings (SSSR count). The first-order valence-corrected chi connectivity index (χ1v) is 9.48. The van der Waals surface area contributed by atoms with Gasteiger partial charge in [-0.2, -0.15) is 0 Å². The Kier molecular flexibility index (Phi) is 6.49. The minimum atomic E-state index is -0.598. The summed E-state index contributed by atoms with van der Waals surface area (Å²) in [6.07, 6.45) is 2.20. The lowest BCUT2D eigenvalue weighted by molar-refractivity contribution is -0.385. The van der Waals surface area contributed by atoms with Crippen molar-refractivity contribution >= 4 is 23.2 Å². The number of hydrogen-bond acceptors (Lipinski definition) is 5.